The first kappa shape index (κ1) is 17.5. The van der Waals surface area contributed by atoms with Gasteiger partial charge in [-0.3, -0.25) is 0 Å². The fourth-order valence-electron chi connectivity index (χ4n) is 3.97. The maximum absolute atomic E-state index is 11.6. The van der Waals surface area contributed by atoms with E-state index in [0.29, 0.717) is 0 Å². The second-order valence-corrected chi connectivity index (χ2v) is 8.10. The summed E-state index contributed by atoms with van der Waals surface area (Å²) in [5.74, 6) is 0.746. The van der Waals surface area contributed by atoms with Gasteiger partial charge in [0.05, 0.1) is 0 Å². The molecule has 0 atom stereocenters. The lowest BCUT2D eigenvalue weighted by atomic mass is 9.83. The van der Waals surface area contributed by atoms with Crippen molar-refractivity contribution in [2.75, 3.05) is 39.8 Å². The smallest absolute Gasteiger partial charge is 0.407 e. The largest absolute Gasteiger partial charge is 0.465 e. The van der Waals surface area contributed by atoms with E-state index >= 15 is 0 Å². The normalized spacial score (nSPS) is 28.5. The molecule has 1 aliphatic carbocycles. The summed E-state index contributed by atoms with van der Waals surface area (Å²) < 4.78 is 0. The molecule has 0 spiro atoms. The third-order valence-corrected chi connectivity index (χ3v) is 5.22. The summed E-state index contributed by atoms with van der Waals surface area (Å²) in [5.41, 5.74) is -0.305. The van der Waals surface area contributed by atoms with E-state index in [1.54, 1.807) is 4.90 Å². The highest BCUT2D eigenvalue weighted by Gasteiger charge is 2.35. The zero-order valence-electron chi connectivity index (χ0n) is 14.7. The van der Waals surface area contributed by atoms with Crippen molar-refractivity contribution in [3.63, 3.8) is 0 Å². The first-order chi connectivity index (χ1) is 10.3. The van der Waals surface area contributed by atoms with Gasteiger partial charge in [-0.2, -0.15) is 0 Å². The van der Waals surface area contributed by atoms with E-state index in [1.807, 2.05) is 20.8 Å². The SMILES string of the molecule is CN1CCN(CC2CCC(N(C(=O)O)C(C)(C)C)CC2)CC1. The maximum Gasteiger partial charge on any atom is 0.407 e. The van der Waals surface area contributed by atoms with Gasteiger partial charge < -0.3 is 19.8 Å². The molecule has 1 N–H and O–H groups in total. The predicted octanol–water partition coefficient (Wildman–Crippen LogP) is 2.57. The molecule has 1 aliphatic heterocycles. The van der Waals surface area contributed by atoms with Crippen LogP contribution in [-0.4, -0.2) is 77.3 Å². The van der Waals surface area contributed by atoms with Gasteiger partial charge in [-0.15, -0.1) is 0 Å². The molecular weight excluding hydrogens is 278 g/mol. The van der Waals surface area contributed by atoms with Crippen LogP contribution in [0.2, 0.25) is 0 Å². The van der Waals surface area contributed by atoms with Crippen LogP contribution in [0, 0.1) is 5.92 Å². The maximum atomic E-state index is 11.6. The molecule has 0 aromatic carbocycles. The minimum absolute atomic E-state index is 0.196. The molecule has 1 heterocycles. The molecule has 0 bridgehead atoms. The Morgan fingerprint density at radius 3 is 2.09 bits per heavy atom. The van der Waals surface area contributed by atoms with Crippen molar-refractivity contribution in [1.29, 1.82) is 0 Å². The molecule has 0 aromatic heterocycles. The van der Waals surface area contributed by atoms with Crippen LogP contribution in [0.15, 0.2) is 0 Å². The molecule has 0 radical (unpaired) electrons. The van der Waals surface area contributed by atoms with Crippen molar-refractivity contribution < 1.29 is 9.90 Å². The first-order valence-electron chi connectivity index (χ1n) is 8.70. The Hall–Kier alpha value is -0.810. The summed E-state index contributed by atoms with van der Waals surface area (Å²) in [7, 11) is 2.19. The molecule has 5 heteroatoms. The minimum atomic E-state index is -0.769. The topological polar surface area (TPSA) is 47.0 Å². The summed E-state index contributed by atoms with van der Waals surface area (Å²) in [6.07, 6.45) is 3.59. The molecule has 5 nitrogen and oxygen atoms in total. The summed E-state index contributed by atoms with van der Waals surface area (Å²) in [6, 6.07) is 0.196. The quantitative estimate of drug-likeness (QED) is 0.870. The number of nitrogens with zero attached hydrogens (tertiary/aromatic N) is 3. The Labute approximate surface area is 135 Å². The third-order valence-electron chi connectivity index (χ3n) is 5.22. The molecule has 1 saturated heterocycles. The van der Waals surface area contributed by atoms with Crippen molar-refractivity contribution in [2.24, 2.45) is 5.92 Å². The third kappa shape index (κ3) is 4.59. The predicted molar refractivity (Wildman–Crippen MR) is 89.3 cm³/mol. The van der Waals surface area contributed by atoms with Gasteiger partial charge in [0.1, 0.15) is 0 Å². The van der Waals surface area contributed by atoms with E-state index in [2.05, 4.69) is 16.8 Å². The fraction of sp³-hybridized carbons (Fsp3) is 0.941. The molecule has 22 heavy (non-hydrogen) atoms. The molecule has 1 saturated carbocycles. The van der Waals surface area contributed by atoms with E-state index in [0.717, 1.165) is 31.6 Å². The second-order valence-electron chi connectivity index (χ2n) is 8.10. The highest BCUT2D eigenvalue weighted by Crippen LogP contribution is 2.32. The molecule has 2 aliphatic rings. The van der Waals surface area contributed by atoms with Gasteiger partial charge in [-0.05, 0) is 59.4 Å². The number of hydrogen-bond acceptors (Lipinski definition) is 3. The Balaban J connectivity index is 1.81. The molecular formula is C17H33N3O2. The molecule has 1 amide bonds. The zero-order valence-corrected chi connectivity index (χ0v) is 14.7. The van der Waals surface area contributed by atoms with E-state index in [4.69, 9.17) is 0 Å². The van der Waals surface area contributed by atoms with Crippen LogP contribution < -0.4 is 0 Å². The monoisotopic (exact) mass is 311 g/mol. The molecule has 128 valence electrons. The molecule has 0 aromatic rings. The van der Waals surface area contributed by atoms with Crippen LogP contribution in [0.1, 0.15) is 46.5 Å². The first-order valence-corrected chi connectivity index (χ1v) is 8.70. The van der Waals surface area contributed by atoms with E-state index < -0.39 is 6.09 Å². The number of amides is 1. The summed E-state index contributed by atoms with van der Waals surface area (Å²) in [6.45, 7) is 11.9. The van der Waals surface area contributed by atoms with Crippen LogP contribution in [0.5, 0.6) is 0 Å². The van der Waals surface area contributed by atoms with Gasteiger partial charge in [0, 0.05) is 44.3 Å². The van der Waals surface area contributed by atoms with Gasteiger partial charge in [-0.1, -0.05) is 0 Å². The standard InChI is InChI=1S/C17H33N3O2/c1-17(2,3)20(16(21)22)15-7-5-14(6-8-15)13-19-11-9-18(4)10-12-19/h14-15H,5-13H2,1-4H3,(H,21,22). The lowest BCUT2D eigenvalue weighted by Crippen LogP contribution is -2.52. The Bertz CT molecular complexity index is 365. The fourth-order valence-corrected chi connectivity index (χ4v) is 3.97. The van der Waals surface area contributed by atoms with Gasteiger partial charge >= 0.3 is 6.09 Å². The van der Waals surface area contributed by atoms with Gasteiger partial charge in [-0.25, -0.2) is 4.79 Å². The van der Waals surface area contributed by atoms with Crippen LogP contribution >= 0.6 is 0 Å². The zero-order chi connectivity index (χ0) is 16.3. The lowest BCUT2D eigenvalue weighted by molar-refractivity contribution is 0.0444. The number of hydrogen-bond donors (Lipinski definition) is 1. The summed E-state index contributed by atoms with van der Waals surface area (Å²) in [5, 5.41) is 9.53. The number of piperazine rings is 1. The molecule has 2 rings (SSSR count). The average Bonchev–Trinajstić information content (AvgIpc) is 2.41. The van der Waals surface area contributed by atoms with Gasteiger partial charge in [0.15, 0.2) is 0 Å². The van der Waals surface area contributed by atoms with Gasteiger partial charge in [0.25, 0.3) is 0 Å². The van der Waals surface area contributed by atoms with Crippen LogP contribution in [-0.2, 0) is 0 Å². The summed E-state index contributed by atoms with van der Waals surface area (Å²) >= 11 is 0. The minimum Gasteiger partial charge on any atom is -0.465 e. The van der Waals surface area contributed by atoms with Crippen LogP contribution in [0.25, 0.3) is 0 Å². The number of carbonyl (C=O) groups is 1. The van der Waals surface area contributed by atoms with E-state index in [1.165, 1.54) is 32.7 Å². The van der Waals surface area contributed by atoms with Crippen molar-refractivity contribution in [3.05, 3.63) is 0 Å². The summed E-state index contributed by atoms with van der Waals surface area (Å²) in [4.78, 5) is 18.2. The number of carboxylic acid groups (broad SMARTS) is 1. The Morgan fingerprint density at radius 2 is 1.64 bits per heavy atom. The van der Waals surface area contributed by atoms with Crippen LogP contribution in [0.3, 0.4) is 0 Å². The second kappa shape index (κ2) is 7.18. The highest BCUT2D eigenvalue weighted by atomic mass is 16.4. The van der Waals surface area contributed by atoms with Crippen molar-refractivity contribution in [1.82, 2.24) is 14.7 Å². The molecule has 2 fully saturated rings. The van der Waals surface area contributed by atoms with Crippen molar-refractivity contribution in [3.8, 4) is 0 Å². The van der Waals surface area contributed by atoms with Crippen molar-refractivity contribution in [2.45, 2.75) is 58.0 Å². The highest BCUT2D eigenvalue weighted by molar-refractivity contribution is 5.66. The lowest BCUT2D eigenvalue weighted by Gasteiger charge is -2.43. The number of likely N-dealkylation sites (N-methyl/N-ethyl adjacent to an activating group) is 1. The van der Waals surface area contributed by atoms with Crippen molar-refractivity contribution >= 4 is 6.09 Å². The Morgan fingerprint density at radius 1 is 1.09 bits per heavy atom. The Kier molecular flexibility index (Phi) is 5.72. The van der Waals surface area contributed by atoms with E-state index in [9.17, 15) is 9.90 Å². The number of rotatable bonds is 3. The van der Waals surface area contributed by atoms with Crippen LogP contribution in [0.4, 0.5) is 4.79 Å². The molecule has 0 unspecified atom stereocenters. The average molecular weight is 311 g/mol. The van der Waals surface area contributed by atoms with E-state index in [-0.39, 0.29) is 11.6 Å². The van der Waals surface area contributed by atoms with Gasteiger partial charge in [0.2, 0.25) is 0 Å².